The van der Waals surface area contributed by atoms with E-state index in [9.17, 15) is 4.79 Å². The van der Waals surface area contributed by atoms with E-state index in [0.29, 0.717) is 30.8 Å². The Labute approximate surface area is 99.8 Å². The monoisotopic (exact) mass is 236 g/mol. The number of amides is 1. The van der Waals surface area contributed by atoms with E-state index in [-0.39, 0.29) is 5.91 Å². The lowest BCUT2D eigenvalue weighted by Gasteiger charge is -2.06. The number of nitrogens with zero attached hydrogens (tertiary/aromatic N) is 2. The lowest BCUT2D eigenvalue weighted by Crippen LogP contribution is -2.27. The zero-order valence-corrected chi connectivity index (χ0v) is 9.77. The first kappa shape index (κ1) is 11.6. The second-order valence-corrected chi connectivity index (χ2v) is 3.94. The number of carbonyl (C=O) groups is 1. The Hall–Kier alpha value is -1.85. The predicted molar refractivity (Wildman–Crippen MR) is 62.9 cm³/mol. The molecule has 0 spiro atoms. The highest BCUT2D eigenvalue weighted by Gasteiger charge is 2.22. The second-order valence-electron chi connectivity index (χ2n) is 3.94. The topological polar surface area (TPSA) is 76.1 Å². The van der Waals surface area contributed by atoms with Crippen LogP contribution in [-0.2, 0) is 4.79 Å². The van der Waals surface area contributed by atoms with Gasteiger partial charge in [-0.25, -0.2) is 4.98 Å². The maximum Gasteiger partial charge on any atom is 0.225 e. The molecule has 0 saturated heterocycles. The van der Waals surface area contributed by atoms with Gasteiger partial charge in [-0.1, -0.05) is 0 Å². The van der Waals surface area contributed by atoms with E-state index >= 15 is 0 Å². The molecule has 0 radical (unpaired) electrons. The molecule has 0 aliphatic heterocycles. The van der Waals surface area contributed by atoms with Gasteiger partial charge in [0.25, 0.3) is 0 Å². The smallest absolute Gasteiger partial charge is 0.225 e. The van der Waals surface area contributed by atoms with E-state index in [1.807, 2.05) is 0 Å². The number of anilines is 1. The number of nitrogens with one attached hydrogen (secondary N) is 2. The normalized spacial score (nSPS) is 14.2. The van der Waals surface area contributed by atoms with Crippen LogP contribution in [0.5, 0.6) is 5.88 Å². The summed E-state index contributed by atoms with van der Waals surface area (Å²) in [7, 11) is 1.55. The standard InChI is InChI=1S/C11H16N4O2/c1-17-10-5-7-13-11(15-10)12-6-4-9(16)14-8-2-3-8/h5,7-8H,2-4,6H2,1H3,(H,14,16)(H,12,13,15). The summed E-state index contributed by atoms with van der Waals surface area (Å²) in [5.74, 6) is 1.05. The average Bonchev–Trinajstić information content (AvgIpc) is 3.13. The fraction of sp³-hybridized carbons (Fsp3) is 0.545. The molecular weight excluding hydrogens is 220 g/mol. The lowest BCUT2D eigenvalue weighted by molar-refractivity contribution is -0.120. The second kappa shape index (κ2) is 5.47. The van der Waals surface area contributed by atoms with Crippen molar-refractivity contribution in [2.45, 2.75) is 25.3 Å². The van der Waals surface area contributed by atoms with Crippen molar-refractivity contribution in [3.05, 3.63) is 12.3 Å². The molecule has 0 unspecified atom stereocenters. The Morgan fingerprint density at radius 1 is 1.59 bits per heavy atom. The van der Waals surface area contributed by atoms with Gasteiger partial charge < -0.3 is 15.4 Å². The summed E-state index contributed by atoms with van der Waals surface area (Å²) in [6.07, 6.45) is 4.26. The molecule has 2 N–H and O–H groups in total. The molecule has 0 bridgehead atoms. The van der Waals surface area contributed by atoms with Crippen molar-refractivity contribution in [1.82, 2.24) is 15.3 Å². The predicted octanol–water partition coefficient (Wildman–Crippen LogP) is 0.566. The average molecular weight is 236 g/mol. The lowest BCUT2D eigenvalue weighted by atomic mass is 10.4. The first-order valence-electron chi connectivity index (χ1n) is 5.68. The van der Waals surface area contributed by atoms with Crippen LogP contribution in [-0.4, -0.2) is 35.6 Å². The number of ether oxygens (including phenoxy) is 1. The molecule has 1 aliphatic rings. The summed E-state index contributed by atoms with van der Waals surface area (Å²) < 4.78 is 4.97. The van der Waals surface area contributed by atoms with Gasteiger partial charge in [0.2, 0.25) is 17.7 Å². The highest BCUT2D eigenvalue weighted by molar-refractivity contribution is 5.77. The summed E-state index contributed by atoms with van der Waals surface area (Å²) in [4.78, 5) is 19.5. The molecule has 2 rings (SSSR count). The molecule has 6 nitrogen and oxygen atoms in total. The Bertz CT molecular complexity index is 393. The first-order valence-corrected chi connectivity index (χ1v) is 5.68. The Morgan fingerprint density at radius 2 is 2.41 bits per heavy atom. The van der Waals surface area contributed by atoms with Gasteiger partial charge in [0.15, 0.2) is 0 Å². The summed E-state index contributed by atoms with van der Waals surface area (Å²) >= 11 is 0. The molecular formula is C11H16N4O2. The van der Waals surface area contributed by atoms with Crippen molar-refractivity contribution in [1.29, 1.82) is 0 Å². The van der Waals surface area contributed by atoms with Crippen LogP contribution in [0.3, 0.4) is 0 Å². The third kappa shape index (κ3) is 3.90. The van der Waals surface area contributed by atoms with E-state index < -0.39 is 0 Å². The zero-order valence-electron chi connectivity index (χ0n) is 9.77. The SMILES string of the molecule is COc1ccnc(NCCC(=O)NC2CC2)n1. The van der Waals surface area contributed by atoms with Crippen molar-refractivity contribution < 1.29 is 9.53 Å². The highest BCUT2D eigenvalue weighted by atomic mass is 16.5. The summed E-state index contributed by atoms with van der Waals surface area (Å²) in [6, 6.07) is 2.08. The van der Waals surface area contributed by atoms with Gasteiger partial charge in [0.1, 0.15) is 0 Å². The van der Waals surface area contributed by atoms with Crippen LogP contribution in [0.2, 0.25) is 0 Å². The van der Waals surface area contributed by atoms with Crippen molar-refractivity contribution in [2.24, 2.45) is 0 Å². The molecule has 1 fully saturated rings. The first-order chi connectivity index (χ1) is 8.28. The molecule has 1 amide bonds. The van der Waals surface area contributed by atoms with Crippen molar-refractivity contribution in [3.8, 4) is 5.88 Å². The largest absolute Gasteiger partial charge is 0.481 e. The Balaban J connectivity index is 1.71. The number of hydrogen-bond acceptors (Lipinski definition) is 5. The summed E-state index contributed by atoms with van der Waals surface area (Å²) in [5, 5.41) is 5.90. The van der Waals surface area contributed by atoms with Crippen LogP contribution < -0.4 is 15.4 Å². The van der Waals surface area contributed by atoms with Crippen molar-refractivity contribution in [2.75, 3.05) is 19.0 Å². The third-order valence-electron chi connectivity index (χ3n) is 2.42. The molecule has 92 valence electrons. The summed E-state index contributed by atoms with van der Waals surface area (Å²) in [5.41, 5.74) is 0. The highest BCUT2D eigenvalue weighted by Crippen LogP contribution is 2.18. The molecule has 0 aromatic carbocycles. The number of aromatic nitrogens is 2. The van der Waals surface area contributed by atoms with Crippen LogP contribution in [0.1, 0.15) is 19.3 Å². The third-order valence-corrected chi connectivity index (χ3v) is 2.42. The zero-order chi connectivity index (χ0) is 12.1. The van der Waals surface area contributed by atoms with Crippen LogP contribution in [0, 0.1) is 0 Å². The molecule has 0 atom stereocenters. The minimum atomic E-state index is 0.0721. The van der Waals surface area contributed by atoms with E-state index in [2.05, 4.69) is 20.6 Å². The van der Waals surface area contributed by atoms with E-state index in [1.165, 1.54) is 0 Å². The van der Waals surface area contributed by atoms with Gasteiger partial charge in [-0.3, -0.25) is 4.79 Å². The fourth-order valence-electron chi connectivity index (χ4n) is 1.36. The van der Waals surface area contributed by atoms with Crippen molar-refractivity contribution >= 4 is 11.9 Å². The molecule has 6 heteroatoms. The number of rotatable bonds is 6. The summed E-state index contributed by atoms with van der Waals surface area (Å²) in [6.45, 7) is 0.520. The van der Waals surface area contributed by atoms with Crippen LogP contribution in [0.25, 0.3) is 0 Å². The quantitative estimate of drug-likeness (QED) is 0.755. The van der Waals surface area contributed by atoms with Gasteiger partial charge in [-0.05, 0) is 12.8 Å². The molecule has 1 saturated carbocycles. The van der Waals surface area contributed by atoms with E-state index in [0.717, 1.165) is 12.8 Å². The van der Waals surface area contributed by atoms with Gasteiger partial charge in [-0.15, -0.1) is 0 Å². The van der Waals surface area contributed by atoms with E-state index in [1.54, 1.807) is 19.4 Å². The minimum absolute atomic E-state index is 0.0721. The van der Waals surface area contributed by atoms with Gasteiger partial charge >= 0.3 is 0 Å². The fourth-order valence-corrected chi connectivity index (χ4v) is 1.36. The van der Waals surface area contributed by atoms with Crippen LogP contribution >= 0.6 is 0 Å². The van der Waals surface area contributed by atoms with Gasteiger partial charge in [0.05, 0.1) is 7.11 Å². The molecule has 1 aromatic heterocycles. The maximum absolute atomic E-state index is 11.4. The molecule has 1 heterocycles. The number of methoxy groups -OCH3 is 1. The van der Waals surface area contributed by atoms with Gasteiger partial charge in [0, 0.05) is 31.3 Å². The maximum atomic E-state index is 11.4. The number of hydrogen-bond donors (Lipinski definition) is 2. The van der Waals surface area contributed by atoms with E-state index in [4.69, 9.17) is 4.74 Å². The molecule has 1 aromatic rings. The number of carbonyl (C=O) groups excluding carboxylic acids is 1. The van der Waals surface area contributed by atoms with Crippen LogP contribution in [0.4, 0.5) is 5.95 Å². The molecule has 1 aliphatic carbocycles. The Morgan fingerprint density at radius 3 is 3.12 bits per heavy atom. The molecule has 17 heavy (non-hydrogen) atoms. The van der Waals surface area contributed by atoms with Crippen molar-refractivity contribution in [3.63, 3.8) is 0 Å². The Kier molecular flexibility index (Phi) is 3.74. The van der Waals surface area contributed by atoms with Crippen LogP contribution in [0.15, 0.2) is 12.3 Å². The minimum Gasteiger partial charge on any atom is -0.481 e. The van der Waals surface area contributed by atoms with Gasteiger partial charge in [-0.2, -0.15) is 4.98 Å².